The Morgan fingerprint density at radius 1 is 0.938 bits per heavy atom. The lowest BCUT2D eigenvalue weighted by molar-refractivity contribution is 0.0442. The molecule has 2 aromatic carbocycles. The summed E-state index contributed by atoms with van der Waals surface area (Å²) in [5.41, 5.74) is 1.40. The zero-order valence-corrected chi connectivity index (χ0v) is 17.7. The molecule has 0 saturated heterocycles. The molecule has 0 radical (unpaired) electrons. The van der Waals surface area contributed by atoms with Crippen molar-refractivity contribution in [1.29, 1.82) is 0 Å². The number of para-hydroxylation sites is 1. The summed E-state index contributed by atoms with van der Waals surface area (Å²) in [4.78, 5) is 24.2. The largest absolute Gasteiger partial charge is 0.487 e. The van der Waals surface area contributed by atoms with E-state index in [0.29, 0.717) is 12.2 Å². The van der Waals surface area contributed by atoms with Crippen LogP contribution in [-0.4, -0.2) is 17.1 Å². The van der Waals surface area contributed by atoms with E-state index >= 15 is 0 Å². The van der Waals surface area contributed by atoms with Gasteiger partial charge in [-0.1, -0.05) is 36.4 Å². The van der Waals surface area contributed by atoms with Gasteiger partial charge in [0, 0.05) is 24.3 Å². The molecule has 6 nitrogen and oxygen atoms in total. The Bertz CT molecular complexity index is 1230. The van der Waals surface area contributed by atoms with Crippen LogP contribution in [0.15, 0.2) is 88.4 Å². The van der Waals surface area contributed by atoms with Crippen molar-refractivity contribution in [3.63, 3.8) is 0 Å². The maximum atomic E-state index is 12.2. The molecule has 6 heteroatoms. The molecule has 0 aliphatic rings. The summed E-state index contributed by atoms with van der Waals surface area (Å²) >= 11 is 0. The molecule has 0 unspecified atom stereocenters. The average Bonchev–Trinajstić information content (AvgIpc) is 3.24. The van der Waals surface area contributed by atoms with Crippen molar-refractivity contribution in [2.45, 2.75) is 32.4 Å². The second kappa shape index (κ2) is 10.5. The molecule has 164 valence electrons. The monoisotopic (exact) mass is 431 g/mol. The molecule has 0 atom stereocenters. The second-order valence-corrected chi connectivity index (χ2v) is 7.49. The highest BCUT2D eigenvalue weighted by Gasteiger charge is 2.10. The van der Waals surface area contributed by atoms with Gasteiger partial charge in [0.25, 0.3) is 0 Å². The summed E-state index contributed by atoms with van der Waals surface area (Å²) < 4.78 is 18.4. The predicted octanol–water partition coefficient (Wildman–Crippen LogP) is 5.20. The molecule has 0 aliphatic heterocycles. The normalized spacial score (nSPS) is 10.9. The van der Waals surface area contributed by atoms with Gasteiger partial charge in [-0.2, -0.15) is 0 Å². The van der Waals surface area contributed by atoms with Gasteiger partial charge in [-0.15, -0.1) is 0 Å². The molecule has 32 heavy (non-hydrogen) atoms. The third-order valence-electron chi connectivity index (χ3n) is 5.19. The molecule has 0 saturated carbocycles. The average molecular weight is 431 g/mol. The summed E-state index contributed by atoms with van der Waals surface area (Å²) in [6.45, 7) is 1.28. The number of aryl methyl sites for hydroxylation is 1. The number of rotatable bonds is 10. The quantitative estimate of drug-likeness (QED) is 0.255. The molecule has 4 aromatic rings. The minimum Gasteiger partial charge on any atom is -0.487 e. The third-order valence-corrected chi connectivity index (χ3v) is 5.19. The molecular weight excluding hydrogens is 406 g/mol. The van der Waals surface area contributed by atoms with Crippen LogP contribution in [0.25, 0.3) is 10.9 Å². The van der Waals surface area contributed by atoms with Gasteiger partial charge in [0.2, 0.25) is 11.2 Å². The Hall–Kier alpha value is -3.80. The Morgan fingerprint density at radius 3 is 2.59 bits per heavy atom. The Kier molecular flexibility index (Phi) is 7.02. The van der Waals surface area contributed by atoms with Crippen molar-refractivity contribution in [3.05, 3.63) is 101 Å². The van der Waals surface area contributed by atoms with Crippen LogP contribution in [0.2, 0.25) is 0 Å². The van der Waals surface area contributed by atoms with Gasteiger partial charge >= 0.3 is 5.97 Å². The van der Waals surface area contributed by atoms with Crippen LogP contribution in [0.5, 0.6) is 5.75 Å². The fourth-order valence-corrected chi connectivity index (χ4v) is 3.49. The van der Waals surface area contributed by atoms with E-state index < -0.39 is 5.97 Å². The molecule has 0 aliphatic carbocycles. The van der Waals surface area contributed by atoms with Crippen molar-refractivity contribution in [3.8, 4) is 5.75 Å². The predicted molar refractivity (Wildman–Crippen MR) is 122 cm³/mol. The molecular formula is C26H25NO5. The zero-order valence-electron chi connectivity index (χ0n) is 17.7. The van der Waals surface area contributed by atoms with Crippen LogP contribution in [0.4, 0.5) is 0 Å². The maximum Gasteiger partial charge on any atom is 0.338 e. The number of ether oxygens (including phenoxy) is 2. The van der Waals surface area contributed by atoms with E-state index in [1.54, 1.807) is 24.3 Å². The van der Waals surface area contributed by atoms with E-state index in [4.69, 9.17) is 13.9 Å². The number of esters is 1. The number of fused-ring (bicyclic) bond motifs is 1. The number of benzene rings is 2. The van der Waals surface area contributed by atoms with Crippen LogP contribution < -0.4 is 10.2 Å². The molecule has 4 rings (SSSR count). The fourth-order valence-electron chi connectivity index (χ4n) is 3.49. The number of hydrogen-bond donors (Lipinski definition) is 0. The van der Waals surface area contributed by atoms with Crippen molar-refractivity contribution >= 4 is 16.9 Å². The number of hydrogen-bond acceptors (Lipinski definition) is 5. The van der Waals surface area contributed by atoms with Gasteiger partial charge in [-0.3, -0.25) is 4.79 Å². The lowest BCUT2D eigenvalue weighted by atomic mass is 10.2. The van der Waals surface area contributed by atoms with Gasteiger partial charge in [0.15, 0.2) is 0 Å². The first kappa shape index (κ1) is 21.4. The lowest BCUT2D eigenvalue weighted by Gasteiger charge is -2.08. The van der Waals surface area contributed by atoms with Gasteiger partial charge in [0.05, 0.1) is 12.2 Å². The first-order chi connectivity index (χ1) is 15.7. The summed E-state index contributed by atoms with van der Waals surface area (Å²) in [5.74, 6) is -0.0356. The lowest BCUT2D eigenvalue weighted by Crippen LogP contribution is -2.11. The molecule has 0 spiro atoms. The highest BCUT2D eigenvalue weighted by molar-refractivity contribution is 5.89. The van der Waals surface area contributed by atoms with Crippen molar-refractivity contribution < 1.29 is 18.7 Å². The Balaban J connectivity index is 1.18. The van der Waals surface area contributed by atoms with Gasteiger partial charge in [-0.05, 0) is 48.9 Å². The van der Waals surface area contributed by atoms with E-state index in [0.717, 1.165) is 25.8 Å². The highest BCUT2D eigenvalue weighted by atomic mass is 16.5. The summed E-state index contributed by atoms with van der Waals surface area (Å²) in [7, 11) is 0. The van der Waals surface area contributed by atoms with Crippen LogP contribution in [0.3, 0.4) is 0 Å². The third kappa shape index (κ3) is 5.46. The molecule has 0 bridgehead atoms. The Morgan fingerprint density at radius 2 is 1.75 bits per heavy atom. The maximum absolute atomic E-state index is 12.2. The SMILES string of the molecule is O=C(OCc1cc(=O)c(OCCCCCn2ccc3ccccc32)co1)c1ccccc1. The van der Waals surface area contributed by atoms with Crippen molar-refractivity contribution in [2.24, 2.45) is 0 Å². The van der Waals surface area contributed by atoms with E-state index in [1.165, 1.54) is 23.2 Å². The fraction of sp³-hybridized carbons (Fsp3) is 0.231. The van der Waals surface area contributed by atoms with Crippen molar-refractivity contribution in [1.82, 2.24) is 4.57 Å². The highest BCUT2D eigenvalue weighted by Crippen LogP contribution is 2.16. The summed E-state index contributed by atoms with van der Waals surface area (Å²) in [6.07, 6.45) is 6.26. The number of carbonyl (C=O) groups is 1. The number of nitrogens with zero attached hydrogens (tertiary/aromatic N) is 1. The first-order valence-corrected chi connectivity index (χ1v) is 10.7. The number of carbonyl (C=O) groups excluding carboxylic acids is 1. The minimum atomic E-state index is -0.471. The topological polar surface area (TPSA) is 70.7 Å². The molecule has 0 amide bonds. The summed E-state index contributed by atoms with van der Waals surface area (Å²) in [5, 5.41) is 1.25. The van der Waals surface area contributed by atoms with Crippen LogP contribution in [0.1, 0.15) is 35.4 Å². The standard InChI is InChI=1S/C26H25NO5/c28-24-17-22(18-32-26(29)21-10-3-1-4-11-21)31-19-25(24)30-16-8-2-7-14-27-15-13-20-9-5-6-12-23(20)27/h1,3-6,9-13,15,17,19H,2,7-8,14,16,18H2. The van der Waals surface area contributed by atoms with E-state index in [1.807, 2.05) is 12.1 Å². The zero-order chi connectivity index (χ0) is 22.2. The van der Waals surface area contributed by atoms with E-state index in [-0.39, 0.29) is 23.5 Å². The Labute approximate surface area is 186 Å². The number of unbranched alkanes of at least 4 members (excludes halogenated alkanes) is 2. The van der Waals surface area contributed by atoms with Crippen molar-refractivity contribution in [2.75, 3.05) is 6.61 Å². The molecule has 2 aromatic heterocycles. The van der Waals surface area contributed by atoms with E-state index in [2.05, 4.69) is 35.0 Å². The van der Waals surface area contributed by atoms with Gasteiger partial charge < -0.3 is 18.5 Å². The van der Waals surface area contributed by atoms with Crippen LogP contribution in [-0.2, 0) is 17.9 Å². The molecule has 2 heterocycles. The van der Waals surface area contributed by atoms with E-state index in [9.17, 15) is 9.59 Å². The first-order valence-electron chi connectivity index (χ1n) is 10.7. The smallest absolute Gasteiger partial charge is 0.338 e. The second-order valence-electron chi connectivity index (χ2n) is 7.49. The molecule has 0 fully saturated rings. The van der Waals surface area contributed by atoms with Gasteiger partial charge in [-0.25, -0.2) is 4.79 Å². The molecule has 0 N–H and O–H groups in total. The number of aromatic nitrogens is 1. The van der Waals surface area contributed by atoms with Gasteiger partial charge in [0.1, 0.15) is 18.6 Å². The van der Waals surface area contributed by atoms with Crippen LogP contribution >= 0.6 is 0 Å². The minimum absolute atomic E-state index is 0.114. The summed E-state index contributed by atoms with van der Waals surface area (Å²) in [6, 6.07) is 20.4. The van der Waals surface area contributed by atoms with Crippen LogP contribution in [0, 0.1) is 0 Å².